The molecule has 2 aliphatic rings. The van der Waals surface area contributed by atoms with Gasteiger partial charge in [0.05, 0.1) is 6.04 Å². The maximum atomic E-state index is 16.0. The number of urea groups is 3. The van der Waals surface area contributed by atoms with E-state index in [1.165, 1.54) is 48.5 Å². The zero-order chi connectivity index (χ0) is 106. The van der Waals surface area contributed by atoms with Gasteiger partial charge in [0.1, 0.15) is 90.0 Å². The fourth-order valence-electron chi connectivity index (χ4n) is 15.5. The number of primary amides is 4. The van der Waals surface area contributed by atoms with Crippen LogP contribution < -0.4 is 153 Å². The van der Waals surface area contributed by atoms with Crippen LogP contribution >= 0.6 is 21.6 Å². The SMILES string of the molecule is CC(C)C[C@@H]1NC(=O)[C@H](CCCNC(N)=O)NC(=O)[C@H](Cc2ccc(O)cc2)NC(=O)[C@@H](NC(=O)[C@H](Cc2ccc3ccccc3c2)NC(=O)[C@H](CCCNC(=N)N)NC(=O)[C@@H](N)CCCNC(=N)N)CSSC[C@@H](C(=O)N[C@@H](CCCNC(=N)N)C(N)=O)NC(=O)[C@H](CCCNC(N)=O)NC(=O)[C@H](CCCNC(=N)N)NC(=O)[C@H](Cc2ccc(O)cc2)NC(=O)[C@@H]2CCCN2C(=O)[C@@H](CCCNC(N)=O)NC1=O. The molecule has 2 saturated heterocycles. The fraction of sp³-hybridized carbons (Fsp3) is 0.522. The maximum Gasteiger partial charge on any atom is 0.312 e. The molecule has 43 N–H and O–H groups in total. The highest BCUT2D eigenvalue weighted by atomic mass is 33.1. The van der Waals surface area contributed by atoms with Crippen LogP contribution in [0.2, 0.25) is 0 Å². The minimum absolute atomic E-state index is 0.00184. The molecule has 54 heteroatoms. The first-order valence-electron chi connectivity index (χ1n) is 47.1. The third kappa shape index (κ3) is 43.5. The summed E-state index contributed by atoms with van der Waals surface area (Å²) < 4.78 is 0. The Balaban J connectivity index is 1.62. The zero-order valence-electron chi connectivity index (χ0n) is 80.3. The van der Waals surface area contributed by atoms with Crippen LogP contribution in [-0.2, 0) is 86.4 Å². The van der Waals surface area contributed by atoms with E-state index in [9.17, 15) is 34.2 Å². The first-order valence-corrected chi connectivity index (χ1v) is 49.6. The Bertz CT molecular complexity index is 5090. The number of guanidine groups is 4. The monoisotopic (exact) mass is 2050 g/mol. The van der Waals surface area contributed by atoms with Crippen molar-refractivity contribution >= 4 is 157 Å². The summed E-state index contributed by atoms with van der Waals surface area (Å²) in [5, 5.41) is 103. The maximum absolute atomic E-state index is 16.0. The van der Waals surface area contributed by atoms with E-state index in [0.717, 1.165) is 31.9 Å². The van der Waals surface area contributed by atoms with Gasteiger partial charge >= 0.3 is 18.1 Å². The van der Waals surface area contributed by atoms with E-state index < -0.39 is 234 Å². The predicted molar refractivity (Wildman–Crippen MR) is 538 cm³/mol. The minimum atomic E-state index is -1.91. The van der Waals surface area contributed by atoms with E-state index in [1.54, 1.807) is 50.2 Å². The van der Waals surface area contributed by atoms with Gasteiger partial charge < -0.3 is 168 Å². The Morgan fingerprint density at radius 2 is 0.812 bits per heavy atom. The predicted octanol–water partition coefficient (Wildman–Crippen LogP) is -6.26. The Labute approximate surface area is 839 Å². The van der Waals surface area contributed by atoms with Crippen molar-refractivity contribution in [2.75, 3.05) is 63.9 Å². The molecule has 4 aromatic rings. The molecule has 0 spiro atoms. The molecule has 144 heavy (non-hydrogen) atoms. The van der Waals surface area contributed by atoms with Crippen molar-refractivity contribution in [3.63, 3.8) is 0 Å². The van der Waals surface area contributed by atoms with Crippen LogP contribution in [0, 0.1) is 27.6 Å². The average Bonchev–Trinajstić information content (AvgIpc) is 1.78. The number of amides is 20. The van der Waals surface area contributed by atoms with Crippen LogP contribution in [0.15, 0.2) is 91.0 Å². The van der Waals surface area contributed by atoms with Crippen LogP contribution in [0.4, 0.5) is 14.4 Å². The summed E-state index contributed by atoms with van der Waals surface area (Å²) in [6, 6.07) is -2.71. The molecule has 52 nitrogen and oxygen atoms in total. The number of hydrogen-bond donors (Lipinski definition) is 34. The van der Waals surface area contributed by atoms with Gasteiger partial charge in [-0.3, -0.25) is 88.8 Å². The molecule has 0 bridgehead atoms. The van der Waals surface area contributed by atoms with E-state index in [2.05, 4.69) is 101 Å². The highest BCUT2D eigenvalue weighted by Gasteiger charge is 2.43. The second kappa shape index (κ2) is 61.5. The van der Waals surface area contributed by atoms with E-state index in [-0.39, 0.29) is 191 Å². The lowest BCUT2D eigenvalue weighted by atomic mass is 10.00. The summed E-state index contributed by atoms with van der Waals surface area (Å²) in [4.78, 5) is 250. The lowest BCUT2D eigenvalue weighted by Gasteiger charge is -2.31. The number of rotatable bonds is 45. The first kappa shape index (κ1) is 118. The molecular weight excluding hydrogens is 1910 g/mol. The number of hydrogen-bond acceptors (Lipinski definition) is 26. The van der Waals surface area contributed by atoms with Gasteiger partial charge in [0.25, 0.3) is 0 Å². The number of benzene rings is 4. The highest BCUT2D eigenvalue weighted by Crippen LogP contribution is 2.27. The smallest absolute Gasteiger partial charge is 0.312 e. The van der Waals surface area contributed by atoms with E-state index in [0.29, 0.717) is 16.5 Å². The van der Waals surface area contributed by atoms with Crippen molar-refractivity contribution in [2.24, 2.45) is 57.5 Å². The van der Waals surface area contributed by atoms with Crippen molar-refractivity contribution in [3.05, 3.63) is 108 Å². The molecule has 6 rings (SSSR count). The zero-order valence-corrected chi connectivity index (χ0v) is 82.0. The summed E-state index contributed by atoms with van der Waals surface area (Å²) in [5.41, 5.74) is 51.9. The fourth-order valence-corrected chi connectivity index (χ4v) is 17.8. The Morgan fingerprint density at radius 3 is 1.29 bits per heavy atom. The number of nitrogens with one attached hydrogen (secondary N) is 23. The molecule has 0 unspecified atom stereocenters. The van der Waals surface area contributed by atoms with E-state index in [4.69, 9.17) is 73.2 Å². The van der Waals surface area contributed by atoms with E-state index >= 15 is 57.5 Å². The molecule has 20 amide bonds. The van der Waals surface area contributed by atoms with Crippen molar-refractivity contribution < 1.29 is 91.7 Å². The molecule has 2 heterocycles. The van der Waals surface area contributed by atoms with Crippen LogP contribution in [0.1, 0.15) is 140 Å². The van der Waals surface area contributed by atoms with Gasteiger partial charge in [0.2, 0.25) is 82.7 Å². The second-order valence-electron chi connectivity index (χ2n) is 35.0. The van der Waals surface area contributed by atoms with Crippen molar-refractivity contribution in [1.29, 1.82) is 21.6 Å². The molecule has 0 saturated carbocycles. The third-order valence-corrected chi connectivity index (χ3v) is 25.3. The van der Waals surface area contributed by atoms with Crippen LogP contribution in [-0.4, -0.2) is 288 Å². The van der Waals surface area contributed by atoms with Gasteiger partial charge in [0, 0.05) is 83.1 Å². The minimum Gasteiger partial charge on any atom is -0.508 e. The molecule has 790 valence electrons. The van der Waals surface area contributed by atoms with Crippen molar-refractivity contribution in [2.45, 2.75) is 227 Å². The number of phenols is 2. The second-order valence-corrected chi connectivity index (χ2v) is 37.5. The number of carbonyl (C=O) groups excluding carboxylic acids is 17. The number of phenolic OH excluding ortho intramolecular Hbond substituents is 2. The number of nitrogens with zero attached hydrogens (tertiary/aromatic N) is 1. The van der Waals surface area contributed by atoms with Gasteiger partial charge in [-0.2, -0.15) is 0 Å². The Hall–Kier alpha value is -15.1. The molecule has 14 atom stereocenters. The number of aromatic hydroxyl groups is 2. The third-order valence-electron chi connectivity index (χ3n) is 22.9. The molecule has 0 aromatic heterocycles. The number of nitrogens with two attached hydrogens (primary N) is 9. The summed E-state index contributed by atoms with van der Waals surface area (Å²) >= 11 is 0. The highest BCUT2D eigenvalue weighted by molar-refractivity contribution is 8.76. The molecular formula is C90H139N33O19S2. The topological polar surface area (TPSA) is 892 Å². The molecule has 2 fully saturated rings. The molecule has 2 aliphatic heterocycles. The largest absolute Gasteiger partial charge is 0.508 e. The van der Waals surface area contributed by atoms with E-state index in [1.807, 2.05) is 6.07 Å². The van der Waals surface area contributed by atoms with Crippen LogP contribution in [0.5, 0.6) is 11.5 Å². The van der Waals surface area contributed by atoms with Crippen molar-refractivity contribution in [3.8, 4) is 11.5 Å². The van der Waals surface area contributed by atoms with Crippen LogP contribution in [0.25, 0.3) is 10.8 Å². The molecule has 4 aromatic carbocycles. The average molecular weight is 2050 g/mol. The summed E-state index contributed by atoms with van der Waals surface area (Å²) in [6.07, 6.45) is -2.91. The van der Waals surface area contributed by atoms with Gasteiger partial charge in [-0.25, -0.2) is 14.4 Å². The standard InChI is InChI=1S/C90H139N33O19S2/c1-48(2)41-63-76(132)116-62(21-11-39-110-90(103)142)83(139)123-40-12-22-69(123)82(138)120-65(44-50-26-31-55(125)32-27-50)78(134)114-59(18-8-36-107-87(99)100)72(128)113-61(20-10-38-109-89(102)141)75(131)121-67(80(136)111-57(70(92)126)16-6-34-105-85(95)96)46-143-144-47-68(81(137)119-64(43-49-24-29-54(124)30-25-49)77(133)115-60(74(130)117-63)19-9-37-108-88(101)140)122-79(135)66(45-51-23-28-52-13-3-4-14-53(52)42-51)118-73(129)58(17-7-35-106-86(97)98)112-71(127)56(91)15-5-33-104-84(93)94/h3-4,13-14,23-32,42,48,56-69,124-125H,5-12,15-22,33-41,43-47,91H2,1-2H3,(H2,92,126)(H,111,136)(H,112,127)(H,113,128)(H,114,134)(H,115,133)(H,116,132)(H,117,130)(H,118,129)(H,119,137)(H,120,138)(H,121,131)(H,122,135)(H4,93,94,104)(H4,95,96,105)(H4,97,98,106)(H4,99,100,107)(H3,101,108,140)(H3,102,109,141)(H3,103,110,142)/t56-,57-,58-,59-,60-,61-,62+,63-,64-,65-,66-,67-,68-,69-/m0/s1. The normalized spacial score (nSPS) is 20.1. The number of fused-ring (bicyclic) bond motifs is 2. The van der Waals surface area contributed by atoms with Crippen molar-refractivity contribution in [1.82, 2.24) is 106 Å². The summed E-state index contributed by atoms with van der Waals surface area (Å²) in [6.45, 7) is 2.78. The van der Waals surface area contributed by atoms with Gasteiger partial charge in [-0.1, -0.05) is 102 Å². The van der Waals surface area contributed by atoms with Gasteiger partial charge in [-0.05, 0) is 167 Å². The van der Waals surface area contributed by atoms with Gasteiger partial charge in [0.15, 0.2) is 23.8 Å². The first-order chi connectivity index (χ1) is 68.4. The molecule has 0 aliphatic carbocycles. The lowest BCUT2D eigenvalue weighted by molar-refractivity contribution is -0.143. The van der Waals surface area contributed by atoms with Gasteiger partial charge in [-0.15, -0.1) is 0 Å². The number of carbonyl (C=O) groups is 17. The summed E-state index contributed by atoms with van der Waals surface area (Å²) in [5.74, 6) is -18.2. The molecule has 0 radical (unpaired) electrons. The lowest BCUT2D eigenvalue weighted by Crippen LogP contribution is -2.61. The van der Waals surface area contributed by atoms with Crippen LogP contribution in [0.3, 0.4) is 0 Å². The Kier molecular flexibility index (Phi) is 50.3. The Morgan fingerprint density at radius 1 is 0.417 bits per heavy atom. The quantitative estimate of drug-likeness (QED) is 0.00847. The summed E-state index contributed by atoms with van der Waals surface area (Å²) in [7, 11) is 1.49.